The first-order chi connectivity index (χ1) is 16.0. The third-order valence-electron chi connectivity index (χ3n) is 5.01. The maximum atomic E-state index is 13.2. The van der Waals surface area contributed by atoms with Crippen molar-refractivity contribution in [2.75, 3.05) is 32.6 Å². The molecule has 0 aromatic rings. The highest BCUT2D eigenvalue weighted by atomic mass is 31.2. The number of rotatable bonds is 24. The number of hydrogen-bond acceptors (Lipinski definition) is 7. The van der Waals surface area contributed by atoms with Crippen LogP contribution in [0.15, 0.2) is 25.3 Å². The summed E-state index contributed by atoms with van der Waals surface area (Å²) in [6.07, 6.45) is 15.0. The molecule has 0 aliphatic carbocycles. The Labute approximate surface area is 200 Å². The molecule has 0 spiro atoms. The lowest BCUT2D eigenvalue weighted by molar-refractivity contribution is -0.138. The van der Waals surface area contributed by atoms with Gasteiger partial charge in [0.1, 0.15) is 0 Å². The van der Waals surface area contributed by atoms with E-state index >= 15 is 0 Å². The molecule has 8 heteroatoms. The minimum atomic E-state index is -3.09. The first-order valence-electron chi connectivity index (χ1n) is 12.4. The van der Waals surface area contributed by atoms with Crippen molar-refractivity contribution in [1.82, 2.24) is 0 Å². The molecule has 0 saturated heterocycles. The number of esters is 2. The first kappa shape index (κ1) is 31.6. The molecule has 0 fully saturated rings. The monoisotopic (exact) mass is 488 g/mol. The van der Waals surface area contributed by atoms with Gasteiger partial charge in [-0.3, -0.25) is 4.57 Å². The topological polar surface area (TPSA) is 88.1 Å². The number of unbranched alkanes of at least 4 members (excludes halogenated alkanes) is 10. The highest BCUT2D eigenvalue weighted by molar-refractivity contribution is 7.53. The molecular weight excluding hydrogens is 443 g/mol. The number of ether oxygens (including phenoxy) is 2. The molecule has 0 aliphatic rings. The van der Waals surface area contributed by atoms with Crippen LogP contribution in [0.1, 0.15) is 90.4 Å². The van der Waals surface area contributed by atoms with Crippen molar-refractivity contribution in [3.05, 3.63) is 25.3 Å². The molecule has 7 nitrogen and oxygen atoms in total. The van der Waals surface area contributed by atoms with Gasteiger partial charge in [-0.1, -0.05) is 58.6 Å². The SMILES string of the molecule is C=CC(=O)OCCCCCCOP(=O)(CCCCCCC)OCCCCCCOC(=O)C=C. The van der Waals surface area contributed by atoms with E-state index in [1.54, 1.807) is 0 Å². The Kier molecular flexibility index (Phi) is 21.4. The Morgan fingerprint density at radius 3 is 1.45 bits per heavy atom. The Balaban J connectivity index is 4.09. The van der Waals surface area contributed by atoms with Crippen molar-refractivity contribution < 1.29 is 32.7 Å². The van der Waals surface area contributed by atoms with Crippen LogP contribution >= 0.6 is 7.60 Å². The van der Waals surface area contributed by atoms with E-state index in [1.807, 2.05) is 0 Å². The fourth-order valence-corrected chi connectivity index (χ4v) is 4.82. The maximum Gasteiger partial charge on any atom is 0.330 e. The molecule has 0 aromatic heterocycles. The van der Waals surface area contributed by atoms with Crippen LogP contribution in [0.5, 0.6) is 0 Å². The van der Waals surface area contributed by atoms with Gasteiger partial charge in [0.25, 0.3) is 0 Å². The largest absolute Gasteiger partial charge is 0.463 e. The number of carbonyl (C=O) groups excluding carboxylic acids is 2. The van der Waals surface area contributed by atoms with Crippen LogP contribution in [0.3, 0.4) is 0 Å². The standard InChI is InChI=1S/C25H45O7P/c1-4-7-8-13-18-23-33(28,31-21-16-11-9-14-19-29-24(26)5-2)32-22-17-12-10-15-20-30-25(27)6-3/h5-6H,2-4,7-23H2,1H3. The van der Waals surface area contributed by atoms with E-state index in [1.165, 1.54) is 12.8 Å². The number of hydrogen-bond donors (Lipinski definition) is 0. The average Bonchev–Trinajstić information content (AvgIpc) is 2.81. The van der Waals surface area contributed by atoms with Gasteiger partial charge in [0.05, 0.1) is 32.6 Å². The van der Waals surface area contributed by atoms with E-state index in [9.17, 15) is 14.2 Å². The lowest BCUT2D eigenvalue weighted by atomic mass is 10.2. The molecule has 0 radical (unpaired) electrons. The second kappa shape index (κ2) is 22.4. The third-order valence-corrected chi connectivity index (χ3v) is 7.03. The van der Waals surface area contributed by atoms with Gasteiger partial charge in [-0.25, -0.2) is 9.59 Å². The van der Waals surface area contributed by atoms with Gasteiger partial charge in [-0.15, -0.1) is 0 Å². The minimum absolute atomic E-state index is 0.391. The van der Waals surface area contributed by atoms with Crippen molar-refractivity contribution in [3.8, 4) is 0 Å². The second-order valence-corrected chi connectivity index (χ2v) is 10.2. The van der Waals surface area contributed by atoms with E-state index in [0.717, 1.165) is 82.8 Å². The normalized spacial score (nSPS) is 11.2. The summed E-state index contributed by atoms with van der Waals surface area (Å²) in [6.45, 7) is 10.5. The molecule has 0 N–H and O–H groups in total. The zero-order valence-corrected chi connectivity index (χ0v) is 21.5. The minimum Gasteiger partial charge on any atom is -0.463 e. The molecule has 192 valence electrons. The summed E-state index contributed by atoms with van der Waals surface area (Å²) in [5.74, 6) is -0.794. The molecule has 0 saturated carbocycles. The van der Waals surface area contributed by atoms with Gasteiger partial charge >= 0.3 is 19.5 Å². The van der Waals surface area contributed by atoms with Crippen LogP contribution in [0.25, 0.3) is 0 Å². The van der Waals surface area contributed by atoms with Crippen molar-refractivity contribution in [3.63, 3.8) is 0 Å². The Morgan fingerprint density at radius 1 is 0.636 bits per heavy atom. The first-order valence-corrected chi connectivity index (χ1v) is 14.2. The number of carbonyl (C=O) groups is 2. The van der Waals surface area contributed by atoms with E-state index in [-0.39, 0.29) is 0 Å². The van der Waals surface area contributed by atoms with Gasteiger partial charge in [-0.2, -0.15) is 0 Å². The smallest absolute Gasteiger partial charge is 0.330 e. The van der Waals surface area contributed by atoms with Crippen molar-refractivity contribution in [2.24, 2.45) is 0 Å². The van der Waals surface area contributed by atoms with E-state index < -0.39 is 19.5 Å². The fourth-order valence-electron chi connectivity index (χ4n) is 3.06. The fraction of sp³-hybridized carbons (Fsp3) is 0.760. The molecule has 0 rings (SSSR count). The quantitative estimate of drug-likeness (QED) is 0.0641. The summed E-state index contributed by atoms with van der Waals surface area (Å²) in [5, 5.41) is 0. The highest BCUT2D eigenvalue weighted by Crippen LogP contribution is 2.49. The second-order valence-electron chi connectivity index (χ2n) is 7.99. The van der Waals surface area contributed by atoms with Crippen LogP contribution in [-0.2, 0) is 32.7 Å². The van der Waals surface area contributed by atoms with Gasteiger partial charge in [0, 0.05) is 12.2 Å². The van der Waals surface area contributed by atoms with Crippen molar-refractivity contribution in [2.45, 2.75) is 90.4 Å². The van der Waals surface area contributed by atoms with Crippen molar-refractivity contribution in [1.29, 1.82) is 0 Å². The molecule has 0 amide bonds. The van der Waals surface area contributed by atoms with E-state index in [4.69, 9.17) is 18.5 Å². The summed E-state index contributed by atoms with van der Waals surface area (Å²) < 4.78 is 34.5. The van der Waals surface area contributed by atoms with Gasteiger partial charge in [-0.05, 0) is 44.9 Å². The van der Waals surface area contributed by atoms with Crippen LogP contribution < -0.4 is 0 Å². The zero-order valence-electron chi connectivity index (χ0n) is 20.6. The van der Waals surface area contributed by atoms with Gasteiger partial charge in [0.15, 0.2) is 0 Å². The van der Waals surface area contributed by atoms with Crippen LogP contribution in [0, 0.1) is 0 Å². The summed E-state index contributed by atoms with van der Waals surface area (Å²) in [6, 6.07) is 0. The molecule has 0 aromatic carbocycles. The molecular formula is C25H45O7P. The summed E-state index contributed by atoms with van der Waals surface area (Å²) >= 11 is 0. The lowest BCUT2D eigenvalue weighted by Gasteiger charge is -2.19. The van der Waals surface area contributed by atoms with E-state index in [0.29, 0.717) is 32.6 Å². The Bertz CT molecular complexity index is 537. The Hall–Kier alpha value is -1.43. The summed E-state index contributed by atoms with van der Waals surface area (Å²) in [5.41, 5.74) is 0. The van der Waals surface area contributed by atoms with Crippen LogP contribution in [0.2, 0.25) is 0 Å². The molecule has 0 unspecified atom stereocenters. The average molecular weight is 489 g/mol. The van der Waals surface area contributed by atoms with Crippen molar-refractivity contribution >= 4 is 19.5 Å². The third kappa shape index (κ3) is 20.9. The predicted molar refractivity (Wildman–Crippen MR) is 132 cm³/mol. The zero-order chi connectivity index (χ0) is 24.6. The molecule has 0 heterocycles. The molecule has 0 bridgehead atoms. The molecule has 33 heavy (non-hydrogen) atoms. The van der Waals surface area contributed by atoms with Gasteiger partial charge < -0.3 is 18.5 Å². The Morgan fingerprint density at radius 2 is 1.03 bits per heavy atom. The molecule has 0 atom stereocenters. The highest BCUT2D eigenvalue weighted by Gasteiger charge is 2.23. The maximum absolute atomic E-state index is 13.2. The van der Waals surface area contributed by atoms with Crippen LogP contribution in [-0.4, -0.2) is 44.5 Å². The molecule has 0 aliphatic heterocycles. The lowest BCUT2D eigenvalue weighted by Crippen LogP contribution is -2.04. The summed E-state index contributed by atoms with van der Waals surface area (Å²) in [7, 11) is -3.09. The predicted octanol–water partition coefficient (Wildman–Crippen LogP) is 6.76. The van der Waals surface area contributed by atoms with Gasteiger partial charge in [0.2, 0.25) is 0 Å². The van der Waals surface area contributed by atoms with E-state index in [2.05, 4.69) is 20.1 Å². The van der Waals surface area contributed by atoms with Crippen LogP contribution in [0.4, 0.5) is 0 Å². The summed E-state index contributed by atoms with van der Waals surface area (Å²) in [4.78, 5) is 22.0.